The number of amides is 2. The Bertz CT molecular complexity index is 832. The molecule has 4 atom stereocenters. The van der Waals surface area contributed by atoms with E-state index in [-0.39, 0.29) is 22.8 Å². The largest absolute Gasteiger partial charge is 0.414 e. The molecule has 1 fully saturated rings. The first kappa shape index (κ1) is 23.7. The van der Waals surface area contributed by atoms with Crippen molar-refractivity contribution in [3.63, 3.8) is 0 Å². The summed E-state index contributed by atoms with van der Waals surface area (Å²) in [5.74, 6) is -0.813. The summed E-state index contributed by atoms with van der Waals surface area (Å²) in [5.41, 5.74) is 0. The van der Waals surface area contributed by atoms with E-state index in [1.807, 2.05) is 0 Å². The number of aliphatic imine (C=N–C) groups is 3. The monoisotopic (exact) mass is 451 g/mol. The van der Waals surface area contributed by atoms with Crippen molar-refractivity contribution in [3.05, 3.63) is 0 Å². The van der Waals surface area contributed by atoms with Crippen LogP contribution in [0.3, 0.4) is 0 Å². The van der Waals surface area contributed by atoms with Gasteiger partial charge in [0.2, 0.25) is 5.96 Å². The highest BCUT2D eigenvalue weighted by molar-refractivity contribution is 6.74. The second-order valence-corrected chi connectivity index (χ2v) is 14.8. The van der Waals surface area contributed by atoms with E-state index >= 15 is 0 Å². The van der Waals surface area contributed by atoms with Crippen molar-refractivity contribution in [3.8, 4) is 0 Å². The number of nitrogens with one attached hydrogen (secondary N) is 1. The highest BCUT2D eigenvalue weighted by Crippen LogP contribution is 2.37. The first-order valence-corrected chi connectivity index (χ1v) is 13.5. The number of rotatable bonds is 5. The van der Waals surface area contributed by atoms with Gasteiger partial charge in [-0.1, -0.05) is 34.6 Å². The van der Waals surface area contributed by atoms with Crippen LogP contribution >= 0.6 is 0 Å². The predicted molar refractivity (Wildman–Crippen MR) is 119 cm³/mol. The van der Waals surface area contributed by atoms with Gasteiger partial charge in [-0.2, -0.15) is 9.98 Å². The van der Waals surface area contributed by atoms with E-state index in [0.717, 1.165) is 0 Å². The van der Waals surface area contributed by atoms with Crippen molar-refractivity contribution in [2.24, 2.45) is 20.9 Å². The van der Waals surface area contributed by atoms with Gasteiger partial charge in [0, 0.05) is 12.3 Å². The van der Waals surface area contributed by atoms with E-state index in [1.54, 1.807) is 18.7 Å². The third kappa shape index (κ3) is 4.94. The van der Waals surface area contributed by atoms with Gasteiger partial charge < -0.3 is 14.3 Å². The van der Waals surface area contributed by atoms with E-state index in [1.165, 1.54) is 6.34 Å². The van der Waals surface area contributed by atoms with Gasteiger partial charge in [0.25, 0.3) is 11.8 Å². The molecular weight excluding hydrogens is 418 g/mol. The van der Waals surface area contributed by atoms with Gasteiger partial charge in [-0.05, 0) is 18.1 Å². The molecule has 11 heteroatoms. The minimum absolute atomic E-state index is 0.0537. The van der Waals surface area contributed by atoms with E-state index in [0.29, 0.717) is 18.9 Å². The number of aliphatic hydroxyl groups is 1. The van der Waals surface area contributed by atoms with Gasteiger partial charge in [-0.3, -0.25) is 24.8 Å². The Morgan fingerprint density at radius 1 is 1.45 bits per heavy atom. The third-order valence-corrected chi connectivity index (χ3v) is 10.7. The van der Waals surface area contributed by atoms with Crippen molar-refractivity contribution in [1.29, 1.82) is 0 Å². The summed E-state index contributed by atoms with van der Waals surface area (Å²) in [6.07, 6.45) is 0.0761. The Morgan fingerprint density at radius 2 is 2.13 bits per heavy atom. The number of ether oxygens (including phenoxy) is 1. The van der Waals surface area contributed by atoms with Crippen LogP contribution in [0.25, 0.3) is 0 Å². The van der Waals surface area contributed by atoms with Crippen molar-refractivity contribution in [1.82, 2.24) is 10.2 Å². The summed E-state index contributed by atoms with van der Waals surface area (Å²) in [5, 5.41) is 13.1. The van der Waals surface area contributed by atoms with E-state index < -0.39 is 38.7 Å². The molecule has 0 bridgehead atoms. The molecule has 1 unspecified atom stereocenters. The van der Waals surface area contributed by atoms with Crippen molar-refractivity contribution in [2.75, 3.05) is 6.61 Å². The summed E-state index contributed by atoms with van der Waals surface area (Å²) in [4.78, 5) is 38.4. The van der Waals surface area contributed by atoms with Crippen molar-refractivity contribution < 1.29 is 23.9 Å². The summed E-state index contributed by atoms with van der Waals surface area (Å²) in [7, 11) is -1.98. The lowest BCUT2D eigenvalue weighted by molar-refractivity contribution is -0.120. The molecule has 0 saturated carbocycles. The minimum Gasteiger partial charge on any atom is -0.414 e. The number of carbonyl (C=O) groups is 2. The molecule has 2 N–H and O–H groups in total. The van der Waals surface area contributed by atoms with Crippen molar-refractivity contribution in [2.45, 2.75) is 83.6 Å². The lowest BCUT2D eigenvalue weighted by atomic mass is 10.1. The number of guanidine groups is 1. The molecule has 0 radical (unpaired) electrons. The molecular formula is C20H33N5O5Si. The number of hydrogen-bond acceptors (Lipinski definition) is 7. The van der Waals surface area contributed by atoms with Crippen LogP contribution in [0.2, 0.25) is 18.1 Å². The zero-order valence-electron chi connectivity index (χ0n) is 19.2. The topological polar surface area (TPSA) is 125 Å². The maximum atomic E-state index is 12.4. The maximum Gasteiger partial charge on any atom is 0.259 e. The maximum absolute atomic E-state index is 12.4. The van der Waals surface area contributed by atoms with Gasteiger partial charge in [0.1, 0.15) is 12.3 Å². The zero-order valence-corrected chi connectivity index (χ0v) is 20.2. The Kier molecular flexibility index (Phi) is 6.52. The predicted octanol–water partition coefficient (Wildman–Crippen LogP) is 1.26. The molecule has 172 valence electrons. The second kappa shape index (κ2) is 8.53. The lowest BCUT2D eigenvalue weighted by Crippen LogP contribution is -2.51. The smallest absolute Gasteiger partial charge is 0.259 e. The molecule has 3 rings (SSSR count). The molecule has 0 spiro atoms. The van der Waals surface area contributed by atoms with Crippen molar-refractivity contribution >= 4 is 38.3 Å². The van der Waals surface area contributed by atoms with Crippen LogP contribution < -0.4 is 5.32 Å². The van der Waals surface area contributed by atoms with Crippen LogP contribution in [-0.2, 0) is 18.8 Å². The Balaban J connectivity index is 1.72. The van der Waals surface area contributed by atoms with E-state index in [2.05, 4.69) is 54.2 Å². The van der Waals surface area contributed by atoms with Gasteiger partial charge >= 0.3 is 0 Å². The molecule has 0 aliphatic carbocycles. The SMILES string of the molecule is CC(C)C(=O)N=C1N=C2C(N=CN2[C@H]2C[C@H](O)[C@@H](CO[Si](C)(C)C(C)(C)C)O2)C(=O)N1. The molecule has 0 aromatic heterocycles. The second-order valence-electron chi connectivity index (χ2n) is 9.97. The summed E-state index contributed by atoms with van der Waals surface area (Å²) < 4.78 is 12.3. The fourth-order valence-electron chi connectivity index (χ4n) is 3.08. The highest BCUT2D eigenvalue weighted by atomic mass is 28.4. The quantitative estimate of drug-likeness (QED) is 0.606. The Labute approximate surface area is 184 Å². The van der Waals surface area contributed by atoms with Gasteiger partial charge in [-0.25, -0.2) is 0 Å². The molecule has 31 heavy (non-hydrogen) atoms. The van der Waals surface area contributed by atoms with Crippen LogP contribution in [0.4, 0.5) is 0 Å². The third-order valence-electron chi connectivity index (χ3n) is 6.19. The standard InChI is InChI=1S/C20H33N5O5Si/c1-11(2)17(27)23-19-22-16-15(18(28)24-19)21-10-25(16)14-8-12(26)13(30-14)9-29-31(6,7)20(3,4)5/h10-15,26H,8-9H2,1-7H3,(H,23,24,27,28)/t12-,13+,14+,15?/m0/s1. The molecule has 0 aromatic carbocycles. The van der Waals surface area contributed by atoms with Gasteiger partial charge in [0.15, 0.2) is 20.2 Å². The van der Waals surface area contributed by atoms with Crippen LogP contribution in [0.5, 0.6) is 0 Å². The number of nitrogens with zero attached hydrogens (tertiary/aromatic N) is 4. The number of hydrogen-bond donors (Lipinski definition) is 2. The van der Waals surface area contributed by atoms with Gasteiger partial charge in [-0.15, -0.1) is 0 Å². The first-order valence-electron chi connectivity index (χ1n) is 10.6. The molecule has 3 heterocycles. The molecule has 1 saturated heterocycles. The van der Waals surface area contributed by atoms with Crippen LogP contribution in [-0.4, -0.2) is 79.4 Å². The number of amidine groups is 1. The van der Waals surface area contributed by atoms with Crippen LogP contribution in [0, 0.1) is 5.92 Å². The summed E-state index contributed by atoms with van der Waals surface area (Å²) in [6, 6.07) is -0.823. The first-order chi connectivity index (χ1) is 14.3. The average molecular weight is 452 g/mol. The minimum atomic E-state index is -1.98. The highest BCUT2D eigenvalue weighted by Gasteiger charge is 2.46. The Morgan fingerprint density at radius 3 is 2.74 bits per heavy atom. The zero-order chi connectivity index (χ0) is 23.1. The molecule has 3 aliphatic rings. The number of carbonyl (C=O) groups excluding carboxylic acids is 2. The van der Waals surface area contributed by atoms with E-state index in [9.17, 15) is 14.7 Å². The molecule has 0 aromatic rings. The summed E-state index contributed by atoms with van der Waals surface area (Å²) >= 11 is 0. The molecule has 3 aliphatic heterocycles. The molecule has 2 amide bonds. The Hall–Kier alpha value is -1.95. The molecule has 10 nitrogen and oxygen atoms in total. The van der Waals surface area contributed by atoms with Gasteiger partial charge in [0.05, 0.1) is 19.0 Å². The van der Waals surface area contributed by atoms with Crippen LogP contribution in [0.15, 0.2) is 15.0 Å². The normalized spacial score (nSPS) is 30.1. The van der Waals surface area contributed by atoms with E-state index in [4.69, 9.17) is 9.16 Å². The van der Waals surface area contributed by atoms with Crippen LogP contribution in [0.1, 0.15) is 41.0 Å². The summed E-state index contributed by atoms with van der Waals surface area (Å²) in [6.45, 7) is 14.5. The average Bonchev–Trinajstić information content (AvgIpc) is 3.22. The fourth-order valence-corrected chi connectivity index (χ4v) is 4.09. The number of aliphatic hydroxyl groups excluding tert-OH is 1. The number of fused-ring (bicyclic) bond motifs is 1. The lowest BCUT2D eigenvalue weighted by Gasteiger charge is -2.37. The fraction of sp³-hybridized carbons (Fsp3) is 0.750.